The molecule has 80 valence electrons. The van der Waals surface area contributed by atoms with E-state index in [9.17, 15) is 0 Å². The van der Waals surface area contributed by atoms with E-state index < -0.39 is 0 Å². The van der Waals surface area contributed by atoms with Gasteiger partial charge in [0.25, 0.3) is 0 Å². The minimum Gasteiger partial charge on any atom is -0.382 e. The highest BCUT2D eigenvalue weighted by atomic mass is 16.5. The highest BCUT2D eigenvalue weighted by molar-refractivity contribution is 4.43. The normalized spacial score (nSPS) is 15.2. The monoisotopic (exact) mass is 188 g/mol. The third kappa shape index (κ3) is 11.9. The summed E-state index contributed by atoms with van der Waals surface area (Å²) < 4.78 is 10.1. The molecule has 1 aliphatic heterocycles. The number of hydrogen-bond donors (Lipinski definition) is 0. The first-order chi connectivity index (χ1) is 6.41. The Kier molecular flexibility index (Phi) is 11.8. The third-order valence-corrected chi connectivity index (χ3v) is 1.92. The quantitative estimate of drug-likeness (QED) is 0.617. The lowest BCUT2D eigenvalue weighted by atomic mass is 10.3. The van der Waals surface area contributed by atoms with E-state index in [4.69, 9.17) is 9.47 Å². The Bertz CT molecular complexity index is 66.5. The van der Waals surface area contributed by atoms with Gasteiger partial charge in [-0.15, -0.1) is 0 Å². The molecule has 0 aromatic carbocycles. The molecule has 2 nitrogen and oxygen atoms in total. The van der Waals surface area contributed by atoms with Crippen molar-refractivity contribution in [2.24, 2.45) is 0 Å². The maximum absolute atomic E-state index is 5.14. The smallest absolute Gasteiger partial charge is 0.0466 e. The molecule has 13 heavy (non-hydrogen) atoms. The molecule has 1 heterocycles. The summed E-state index contributed by atoms with van der Waals surface area (Å²) in [7, 11) is 0. The van der Waals surface area contributed by atoms with Crippen molar-refractivity contribution in [3.8, 4) is 0 Å². The lowest BCUT2D eigenvalue weighted by Gasteiger charge is -1.96. The first-order valence-electron chi connectivity index (χ1n) is 5.57. The molecule has 1 rings (SSSR count). The lowest BCUT2D eigenvalue weighted by Crippen LogP contribution is -1.91. The Morgan fingerprint density at radius 3 is 2.15 bits per heavy atom. The molecule has 0 aromatic heterocycles. The Hall–Kier alpha value is -0.0800. The van der Waals surface area contributed by atoms with E-state index in [2.05, 4.69) is 6.92 Å². The number of ether oxygens (including phenoxy) is 2. The van der Waals surface area contributed by atoms with Gasteiger partial charge in [-0.25, -0.2) is 0 Å². The van der Waals surface area contributed by atoms with Crippen molar-refractivity contribution in [3.63, 3.8) is 0 Å². The van der Waals surface area contributed by atoms with Gasteiger partial charge in [-0.3, -0.25) is 0 Å². The molecule has 0 saturated carbocycles. The fourth-order valence-corrected chi connectivity index (χ4v) is 1.11. The summed E-state index contributed by atoms with van der Waals surface area (Å²) in [5.41, 5.74) is 0. The average molecular weight is 188 g/mol. The standard InChI is InChI=1S/C7H16O.C4H8O/c1-3-5-6-7-8-4-2;1-2-4-5-3-1/h3-7H2,1-2H3;1-4H2. The van der Waals surface area contributed by atoms with Gasteiger partial charge in [0.1, 0.15) is 0 Å². The number of hydrogen-bond acceptors (Lipinski definition) is 2. The fraction of sp³-hybridized carbons (Fsp3) is 1.00. The second-order valence-corrected chi connectivity index (χ2v) is 3.22. The predicted octanol–water partition coefficient (Wildman–Crippen LogP) is 3.01. The van der Waals surface area contributed by atoms with Crippen molar-refractivity contribution in [2.75, 3.05) is 26.4 Å². The molecular weight excluding hydrogens is 164 g/mol. The van der Waals surface area contributed by atoms with E-state index in [0.717, 1.165) is 26.4 Å². The van der Waals surface area contributed by atoms with E-state index in [-0.39, 0.29) is 0 Å². The van der Waals surface area contributed by atoms with Crippen LogP contribution in [-0.4, -0.2) is 26.4 Å². The molecule has 1 saturated heterocycles. The van der Waals surface area contributed by atoms with Crippen LogP contribution >= 0.6 is 0 Å². The fourth-order valence-electron chi connectivity index (χ4n) is 1.11. The van der Waals surface area contributed by atoms with Gasteiger partial charge in [0.05, 0.1) is 0 Å². The van der Waals surface area contributed by atoms with Crippen molar-refractivity contribution in [1.29, 1.82) is 0 Å². The third-order valence-electron chi connectivity index (χ3n) is 1.92. The second kappa shape index (κ2) is 11.9. The minimum atomic E-state index is 0.865. The predicted molar refractivity (Wildman–Crippen MR) is 56.1 cm³/mol. The van der Waals surface area contributed by atoms with Crippen LogP contribution in [0.15, 0.2) is 0 Å². The SMILES string of the molecule is C1CCOC1.CCCCCOCC. The van der Waals surface area contributed by atoms with Crippen molar-refractivity contribution in [3.05, 3.63) is 0 Å². The van der Waals surface area contributed by atoms with Gasteiger partial charge in [0, 0.05) is 26.4 Å². The average Bonchev–Trinajstić information content (AvgIpc) is 2.70. The van der Waals surface area contributed by atoms with Crippen LogP contribution in [0, 0.1) is 0 Å². The molecule has 1 fully saturated rings. The molecule has 0 amide bonds. The first kappa shape index (κ1) is 12.9. The van der Waals surface area contributed by atoms with Crippen LogP contribution in [0.3, 0.4) is 0 Å². The molecule has 1 aliphatic rings. The van der Waals surface area contributed by atoms with Crippen LogP contribution in [0.2, 0.25) is 0 Å². The lowest BCUT2D eigenvalue weighted by molar-refractivity contribution is 0.143. The largest absolute Gasteiger partial charge is 0.382 e. The zero-order chi connectivity index (χ0) is 9.78. The highest BCUT2D eigenvalue weighted by Gasteiger charge is 1.94. The van der Waals surface area contributed by atoms with E-state index in [0.29, 0.717) is 0 Å². The van der Waals surface area contributed by atoms with Gasteiger partial charge in [0.15, 0.2) is 0 Å². The maximum Gasteiger partial charge on any atom is 0.0466 e. The first-order valence-corrected chi connectivity index (χ1v) is 5.57. The second-order valence-electron chi connectivity index (χ2n) is 3.22. The molecule has 0 aromatic rings. The molecule has 0 radical (unpaired) electrons. The molecular formula is C11H24O2. The van der Waals surface area contributed by atoms with Crippen LogP contribution in [0.25, 0.3) is 0 Å². The minimum absolute atomic E-state index is 0.865. The summed E-state index contributed by atoms with van der Waals surface area (Å²) in [4.78, 5) is 0. The summed E-state index contributed by atoms with van der Waals surface area (Å²) in [5.74, 6) is 0. The van der Waals surface area contributed by atoms with Gasteiger partial charge >= 0.3 is 0 Å². The van der Waals surface area contributed by atoms with Gasteiger partial charge < -0.3 is 9.47 Å². The molecule has 0 aliphatic carbocycles. The molecule has 0 atom stereocenters. The van der Waals surface area contributed by atoms with Crippen molar-refractivity contribution < 1.29 is 9.47 Å². The zero-order valence-corrected chi connectivity index (χ0v) is 9.18. The Balaban J connectivity index is 0.000000243. The van der Waals surface area contributed by atoms with E-state index in [1.54, 1.807) is 0 Å². The Morgan fingerprint density at radius 1 is 1.08 bits per heavy atom. The summed E-state index contributed by atoms with van der Waals surface area (Å²) in [5, 5.41) is 0. The summed E-state index contributed by atoms with van der Waals surface area (Å²) in [6.07, 6.45) is 6.37. The van der Waals surface area contributed by atoms with Crippen LogP contribution < -0.4 is 0 Å². The molecule has 0 spiro atoms. The summed E-state index contributed by atoms with van der Waals surface area (Å²) in [6.45, 7) is 8.05. The highest BCUT2D eigenvalue weighted by Crippen LogP contribution is 1.98. The van der Waals surface area contributed by atoms with Gasteiger partial charge in [-0.2, -0.15) is 0 Å². The van der Waals surface area contributed by atoms with Crippen molar-refractivity contribution in [1.82, 2.24) is 0 Å². The van der Waals surface area contributed by atoms with Gasteiger partial charge in [0.2, 0.25) is 0 Å². The van der Waals surface area contributed by atoms with Crippen molar-refractivity contribution >= 4 is 0 Å². The van der Waals surface area contributed by atoms with E-state index >= 15 is 0 Å². The van der Waals surface area contributed by atoms with Crippen LogP contribution in [0.4, 0.5) is 0 Å². The summed E-state index contributed by atoms with van der Waals surface area (Å²) in [6, 6.07) is 0. The van der Waals surface area contributed by atoms with Crippen LogP contribution in [0.1, 0.15) is 46.0 Å². The molecule has 2 heteroatoms. The van der Waals surface area contributed by atoms with Crippen molar-refractivity contribution in [2.45, 2.75) is 46.0 Å². The van der Waals surface area contributed by atoms with Crippen LogP contribution in [0.5, 0.6) is 0 Å². The Labute approximate surface area is 82.6 Å². The Morgan fingerprint density at radius 2 is 1.77 bits per heavy atom. The zero-order valence-electron chi connectivity index (χ0n) is 9.18. The molecule has 0 unspecified atom stereocenters. The van der Waals surface area contributed by atoms with E-state index in [1.807, 2.05) is 6.92 Å². The number of unbranched alkanes of at least 4 members (excludes halogenated alkanes) is 2. The van der Waals surface area contributed by atoms with E-state index in [1.165, 1.54) is 32.1 Å². The number of rotatable bonds is 5. The maximum atomic E-state index is 5.14. The van der Waals surface area contributed by atoms with Gasteiger partial charge in [-0.1, -0.05) is 19.8 Å². The summed E-state index contributed by atoms with van der Waals surface area (Å²) >= 11 is 0. The van der Waals surface area contributed by atoms with Gasteiger partial charge in [-0.05, 0) is 26.2 Å². The topological polar surface area (TPSA) is 18.5 Å². The molecule has 0 N–H and O–H groups in total. The van der Waals surface area contributed by atoms with Crippen LogP contribution in [-0.2, 0) is 9.47 Å². The molecule has 0 bridgehead atoms.